The third-order valence-corrected chi connectivity index (χ3v) is 0.910. The van der Waals surface area contributed by atoms with Crippen LogP contribution in [0.5, 0.6) is 0 Å². The van der Waals surface area contributed by atoms with Gasteiger partial charge in [0.25, 0.3) is 0 Å². The van der Waals surface area contributed by atoms with Gasteiger partial charge in [0.2, 0.25) is 0 Å². The number of hydrogen-bond acceptors (Lipinski definition) is 2. The van der Waals surface area contributed by atoms with Crippen LogP contribution in [0.4, 0.5) is 0 Å². The first-order chi connectivity index (χ1) is 4.31. The number of hydrogen-bond donors (Lipinski definition) is 1. The summed E-state index contributed by atoms with van der Waals surface area (Å²) in [6, 6.07) is 0. The van der Waals surface area contributed by atoms with Crippen molar-refractivity contribution >= 4 is 6.29 Å². The Morgan fingerprint density at radius 2 is 2.33 bits per heavy atom. The maximum atomic E-state index is 9.99. The van der Waals surface area contributed by atoms with Gasteiger partial charge in [-0.25, -0.2) is 0 Å². The van der Waals surface area contributed by atoms with Gasteiger partial charge in [0.1, 0.15) is 6.29 Å². The lowest BCUT2D eigenvalue weighted by Gasteiger charge is -1.94. The number of aldehydes is 1. The van der Waals surface area contributed by atoms with Crippen molar-refractivity contribution in [1.29, 1.82) is 0 Å². The van der Waals surface area contributed by atoms with Crippen LogP contribution < -0.4 is 5.32 Å². The van der Waals surface area contributed by atoms with Gasteiger partial charge < -0.3 is 5.32 Å². The molecule has 0 aromatic carbocycles. The summed E-state index contributed by atoms with van der Waals surface area (Å²) >= 11 is 0. The molecule has 1 N–H and O–H groups in total. The molecule has 0 radical (unpaired) electrons. The minimum absolute atomic E-state index is 0.739. The van der Waals surface area contributed by atoms with E-state index >= 15 is 0 Å². The quantitative estimate of drug-likeness (QED) is 0.348. The molecule has 0 rings (SSSR count). The molecule has 0 aliphatic carbocycles. The van der Waals surface area contributed by atoms with Gasteiger partial charge in [-0.2, -0.15) is 0 Å². The van der Waals surface area contributed by atoms with E-state index in [0.717, 1.165) is 24.8 Å². The second-order valence-corrected chi connectivity index (χ2v) is 1.96. The molecule has 0 saturated carbocycles. The summed E-state index contributed by atoms with van der Waals surface area (Å²) in [5, 5.41) is 2.99. The second-order valence-electron chi connectivity index (χ2n) is 1.96. The number of carbonyl (C=O) groups is 1. The molecule has 0 fully saturated rings. The molecular formula is C7H13NO. The summed E-state index contributed by atoms with van der Waals surface area (Å²) in [6.07, 6.45) is 3.65. The zero-order valence-electron chi connectivity index (χ0n) is 5.98. The molecule has 0 heterocycles. The zero-order chi connectivity index (χ0) is 7.11. The Balaban J connectivity index is 3.31. The highest BCUT2D eigenvalue weighted by Crippen LogP contribution is 1.81. The molecule has 0 aromatic heterocycles. The van der Waals surface area contributed by atoms with E-state index in [1.165, 1.54) is 0 Å². The van der Waals surface area contributed by atoms with Crippen LogP contribution in [0.2, 0.25) is 0 Å². The summed E-state index contributed by atoms with van der Waals surface area (Å²) in [7, 11) is 0. The number of allylic oxidation sites excluding steroid dienone is 1. The number of carbonyl (C=O) groups excluding carboxylic acids is 1. The van der Waals surface area contributed by atoms with Crippen molar-refractivity contribution in [3.05, 3.63) is 11.8 Å². The highest BCUT2D eigenvalue weighted by Gasteiger charge is 1.80. The van der Waals surface area contributed by atoms with Crippen molar-refractivity contribution in [2.24, 2.45) is 0 Å². The van der Waals surface area contributed by atoms with E-state index in [1.807, 2.05) is 0 Å². The minimum atomic E-state index is 0.739. The van der Waals surface area contributed by atoms with Crippen molar-refractivity contribution in [2.45, 2.75) is 20.3 Å². The van der Waals surface area contributed by atoms with E-state index in [9.17, 15) is 4.79 Å². The maximum absolute atomic E-state index is 9.99. The fourth-order valence-corrected chi connectivity index (χ4v) is 0.412. The van der Waals surface area contributed by atoms with Crippen LogP contribution in [-0.2, 0) is 4.79 Å². The van der Waals surface area contributed by atoms with E-state index in [1.54, 1.807) is 13.1 Å². The zero-order valence-corrected chi connectivity index (χ0v) is 5.98. The molecule has 0 bridgehead atoms. The molecule has 0 atom stereocenters. The van der Waals surface area contributed by atoms with E-state index in [2.05, 4.69) is 12.2 Å². The van der Waals surface area contributed by atoms with Crippen molar-refractivity contribution in [1.82, 2.24) is 5.32 Å². The third-order valence-electron chi connectivity index (χ3n) is 0.910. The largest absolute Gasteiger partial charge is 0.391 e. The number of rotatable bonds is 4. The van der Waals surface area contributed by atoms with Crippen LogP contribution in [0.15, 0.2) is 11.8 Å². The Morgan fingerprint density at radius 3 is 2.78 bits per heavy atom. The first kappa shape index (κ1) is 8.21. The van der Waals surface area contributed by atoms with E-state index in [-0.39, 0.29) is 0 Å². The van der Waals surface area contributed by atoms with Crippen LogP contribution in [0, 0.1) is 0 Å². The minimum Gasteiger partial charge on any atom is -0.391 e. The average Bonchev–Trinajstić information content (AvgIpc) is 1.89. The maximum Gasteiger partial charge on any atom is 0.147 e. The first-order valence-corrected chi connectivity index (χ1v) is 3.16. The smallest absolute Gasteiger partial charge is 0.147 e. The van der Waals surface area contributed by atoms with Crippen LogP contribution in [0.25, 0.3) is 0 Å². The lowest BCUT2D eigenvalue weighted by molar-refractivity contribution is -0.104. The molecule has 0 unspecified atom stereocenters. The molecule has 0 aromatic rings. The van der Waals surface area contributed by atoms with Gasteiger partial charge in [-0.1, -0.05) is 6.92 Å². The molecule has 52 valence electrons. The van der Waals surface area contributed by atoms with Crippen LogP contribution in [0.3, 0.4) is 0 Å². The van der Waals surface area contributed by atoms with Gasteiger partial charge in [-0.05, 0) is 13.3 Å². The Labute approximate surface area is 56.0 Å². The molecule has 0 aliphatic heterocycles. The van der Waals surface area contributed by atoms with Gasteiger partial charge >= 0.3 is 0 Å². The summed E-state index contributed by atoms with van der Waals surface area (Å²) in [4.78, 5) is 9.99. The predicted octanol–water partition coefficient (Wildman–Crippen LogP) is 1.09. The summed E-state index contributed by atoms with van der Waals surface area (Å²) in [5.41, 5.74) is 0.739. The average molecular weight is 127 g/mol. The Morgan fingerprint density at radius 1 is 1.67 bits per heavy atom. The Kier molecular flexibility index (Phi) is 4.88. The molecule has 0 aliphatic rings. The monoisotopic (exact) mass is 127 g/mol. The molecule has 9 heavy (non-hydrogen) atoms. The Hall–Kier alpha value is -0.790. The fourth-order valence-electron chi connectivity index (χ4n) is 0.412. The lowest BCUT2D eigenvalue weighted by atomic mass is 10.4. The van der Waals surface area contributed by atoms with Gasteiger partial charge in [-0.3, -0.25) is 4.79 Å². The fraction of sp³-hybridized carbons (Fsp3) is 0.571. The van der Waals surface area contributed by atoms with Gasteiger partial charge in [-0.15, -0.1) is 0 Å². The van der Waals surface area contributed by atoms with E-state index in [4.69, 9.17) is 0 Å². The van der Waals surface area contributed by atoms with E-state index in [0.29, 0.717) is 0 Å². The molecule has 2 heteroatoms. The Bertz CT molecular complexity index is 107. The van der Waals surface area contributed by atoms with Gasteiger partial charge in [0, 0.05) is 18.3 Å². The van der Waals surface area contributed by atoms with E-state index < -0.39 is 0 Å². The standard InChI is InChI=1S/C7H13NO/c1-3-4-8-5-7(2)6-9/h5-6,8H,3-4H2,1-2H3. The molecular weight excluding hydrogens is 114 g/mol. The first-order valence-electron chi connectivity index (χ1n) is 3.16. The van der Waals surface area contributed by atoms with Crippen molar-refractivity contribution in [2.75, 3.05) is 6.54 Å². The lowest BCUT2D eigenvalue weighted by Crippen LogP contribution is -2.06. The highest BCUT2D eigenvalue weighted by atomic mass is 16.1. The number of nitrogens with one attached hydrogen (secondary N) is 1. The summed E-state index contributed by atoms with van der Waals surface area (Å²) in [6.45, 7) is 4.79. The van der Waals surface area contributed by atoms with Gasteiger partial charge in [0.05, 0.1) is 0 Å². The van der Waals surface area contributed by atoms with Gasteiger partial charge in [0.15, 0.2) is 0 Å². The van der Waals surface area contributed by atoms with Crippen molar-refractivity contribution in [3.8, 4) is 0 Å². The third kappa shape index (κ3) is 5.07. The normalized spacial score (nSPS) is 11.1. The predicted molar refractivity (Wildman–Crippen MR) is 38.1 cm³/mol. The van der Waals surface area contributed by atoms with Crippen molar-refractivity contribution < 1.29 is 4.79 Å². The molecule has 0 spiro atoms. The van der Waals surface area contributed by atoms with Crippen LogP contribution in [0.1, 0.15) is 20.3 Å². The topological polar surface area (TPSA) is 29.1 Å². The SMILES string of the molecule is CCCNC=C(C)C=O. The van der Waals surface area contributed by atoms with Crippen molar-refractivity contribution in [3.63, 3.8) is 0 Å². The molecule has 2 nitrogen and oxygen atoms in total. The summed E-state index contributed by atoms with van der Waals surface area (Å²) in [5.74, 6) is 0. The van der Waals surface area contributed by atoms with Crippen LogP contribution in [-0.4, -0.2) is 12.8 Å². The second kappa shape index (κ2) is 5.35. The molecule has 0 saturated heterocycles. The molecule has 0 amide bonds. The van der Waals surface area contributed by atoms with Crippen LogP contribution >= 0.6 is 0 Å². The highest BCUT2D eigenvalue weighted by molar-refractivity contribution is 5.71. The summed E-state index contributed by atoms with van der Waals surface area (Å²) < 4.78 is 0.